The second-order valence-corrected chi connectivity index (χ2v) is 8.27. The van der Waals surface area contributed by atoms with Crippen LogP contribution in [-0.4, -0.2) is 52.0 Å². The zero-order valence-corrected chi connectivity index (χ0v) is 18.6. The van der Waals surface area contributed by atoms with Crippen LogP contribution in [-0.2, 0) is 4.79 Å². The van der Waals surface area contributed by atoms with Crippen LogP contribution in [0.25, 0.3) is 17.5 Å². The monoisotopic (exact) mass is 484 g/mol. The van der Waals surface area contributed by atoms with Gasteiger partial charge in [-0.2, -0.15) is 4.98 Å². The molecule has 1 aliphatic heterocycles. The second kappa shape index (κ2) is 9.53. The van der Waals surface area contributed by atoms with E-state index in [-0.39, 0.29) is 17.8 Å². The summed E-state index contributed by atoms with van der Waals surface area (Å²) in [7, 11) is 0. The van der Waals surface area contributed by atoms with Gasteiger partial charge in [-0.1, -0.05) is 51.4 Å². The third-order valence-electron chi connectivity index (χ3n) is 5.37. The summed E-state index contributed by atoms with van der Waals surface area (Å²) >= 11 is 3.32. The topological polar surface area (TPSA) is 62.5 Å². The molecule has 0 spiro atoms. The summed E-state index contributed by atoms with van der Waals surface area (Å²) in [5, 5.41) is 4.09. The predicted molar refractivity (Wildman–Crippen MR) is 119 cm³/mol. The number of carbonyl (C=O) groups excluding carboxylic acids is 1. The van der Waals surface area contributed by atoms with Gasteiger partial charge in [0.2, 0.25) is 17.6 Å². The van der Waals surface area contributed by atoms with E-state index in [0.29, 0.717) is 43.5 Å². The van der Waals surface area contributed by atoms with Crippen LogP contribution in [0.2, 0.25) is 0 Å². The molecule has 0 radical (unpaired) electrons. The van der Waals surface area contributed by atoms with Gasteiger partial charge in [0, 0.05) is 47.9 Å². The van der Waals surface area contributed by atoms with Gasteiger partial charge in [-0.3, -0.25) is 9.69 Å². The minimum Gasteiger partial charge on any atom is -0.337 e. The molecule has 31 heavy (non-hydrogen) atoms. The van der Waals surface area contributed by atoms with Crippen LogP contribution in [0.4, 0.5) is 4.39 Å². The lowest BCUT2D eigenvalue weighted by atomic mass is 10.2. The Morgan fingerprint density at radius 1 is 1.16 bits per heavy atom. The highest BCUT2D eigenvalue weighted by atomic mass is 79.9. The molecule has 3 aromatic rings. The number of aromatic nitrogens is 2. The van der Waals surface area contributed by atoms with Gasteiger partial charge in [-0.25, -0.2) is 4.39 Å². The summed E-state index contributed by atoms with van der Waals surface area (Å²) in [4.78, 5) is 21.0. The summed E-state index contributed by atoms with van der Waals surface area (Å²) in [6.45, 7) is 4.56. The molecule has 4 rings (SSSR count). The van der Waals surface area contributed by atoms with Crippen molar-refractivity contribution in [1.82, 2.24) is 19.9 Å². The summed E-state index contributed by atoms with van der Waals surface area (Å²) in [6.07, 6.45) is 2.94. The number of carbonyl (C=O) groups is 1. The lowest BCUT2D eigenvalue weighted by Crippen LogP contribution is -2.48. The van der Waals surface area contributed by atoms with Crippen LogP contribution in [0, 0.1) is 5.82 Å². The first-order chi connectivity index (χ1) is 15.0. The van der Waals surface area contributed by atoms with Crippen LogP contribution in [0.15, 0.2) is 63.6 Å². The molecule has 0 bridgehead atoms. The van der Waals surface area contributed by atoms with Crippen molar-refractivity contribution in [3.05, 3.63) is 76.4 Å². The van der Waals surface area contributed by atoms with Gasteiger partial charge in [0.25, 0.3) is 0 Å². The molecule has 160 valence electrons. The highest BCUT2D eigenvalue weighted by Gasteiger charge is 2.27. The summed E-state index contributed by atoms with van der Waals surface area (Å²) in [5.74, 6) is 0.640. The summed E-state index contributed by atoms with van der Waals surface area (Å²) in [6, 6.07) is 14.3. The molecule has 8 heteroatoms. The van der Waals surface area contributed by atoms with E-state index in [2.05, 4.69) is 31.0 Å². The fraction of sp³-hybridized carbons (Fsp3) is 0.261. The van der Waals surface area contributed by atoms with Gasteiger partial charge >= 0.3 is 0 Å². The summed E-state index contributed by atoms with van der Waals surface area (Å²) < 4.78 is 20.1. The third kappa shape index (κ3) is 5.08. The smallest absolute Gasteiger partial charge is 0.246 e. The Morgan fingerprint density at radius 3 is 2.65 bits per heavy atom. The van der Waals surface area contributed by atoms with E-state index in [1.165, 1.54) is 18.2 Å². The lowest BCUT2D eigenvalue weighted by Gasteiger charge is -2.36. The largest absolute Gasteiger partial charge is 0.337 e. The molecule has 1 aromatic heterocycles. The van der Waals surface area contributed by atoms with E-state index in [9.17, 15) is 9.18 Å². The zero-order chi connectivity index (χ0) is 21.8. The number of hydrogen-bond acceptors (Lipinski definition) is 5. The lowest BCUT2D eigenvalue weighted by molar-refractivity contribution is -0.128. The molecule has 1 unspecified atom stereocenters. The van der Waals surface area contributed by atoms with E-state index in [1.54, 1.807) is 17.0 Å². The van der Waals surface area contributed by atoms with Gasteiger partial charge in [0.15, 0.2) is 0 Å². The molecular weight excluding hydrogens is 463 g/mol. The van der Waals surface area contributed by atoms with Gasteiger partial charge in [-0.15, -0.1) is 0 Å². The number of halogens is 2. The number of piperazine rings is 1. The van der Waals surface area contributed by atoms with E-state index in [1.807, 2.05) is 37.3 Å². The maximum absolute atomic E-state index is 13.9. The van der Waals surface area contributed by atoms with Gasteiger partial charge in [0.1, 0.15) is 5.82 Å². The normalized spacial score (nSPS) is 16.0. The standard InChI is InChI=1S/C23H22BrFN4O2/c1-16(23-26-22(27-31-23)17-5-3-2-4-6-17)28-11-13-29(14-12-28)21(30)10-7-18-15-19(24)8-9-20(18)25/h2-10,15-16H,11-14H2,1H3/b10-7+. The molecule has 0 saturated carbocycles. The van der Waals surface area contributed by atoms with E-state index >= 15 is 0 Å². The minimum atomic E-state index is -0.361. The Hall–Kier alpha value is -2.84. The predicted octanol–water partition coefficient (Wildman–Crippen LogP) is 4.56. The maximum atomic E-state index is 13.9. The average Bonchev–Trinajstić information content (AvgIpc) is 3.30. The number of nitrogens with zero attached hydrogens (tertiary/aromatic N) is 4. The first-order valence-corrected chi connectivity index (χ1v) is 10.9. The van der Waals surface area contributed by atoms with Crippen LogP contribution >= 0.6 is 15.9 Å². The number of rotatable bonds is 5. The second-order valence-electron chi connectivity index (χ2n) is 7.36. The number of benzene rings is 2. The van der Waals surface area contributed by atoms with Crippen molar-refractivity contribution in [2.45, 2.75) is 13.0 Å². The first kappa shape index (κ1) is 21.4. The van der Waals surface area contributed by atoms with Crippen molar-refractivity contribution in [3.8, 4) is 11.4 Å². The molecule has 1 saturated heterocycles. The van der Waals surface area contributed by atoms with Crippen molar-refractivity contribution in [1.29, 1.82) is 0 Å². The number of hydrogen-bond donors (Lipinski definition) is 0. The highest BCUT2D eigenvalue weighted by Crippen LogP contribution is 2.23. The maximum Gasteiger partial charge on any atom is 0.246 e. The Morgan fingerprint density at radius 2 is 1.90 bits per heavy atom. The van der Waals surface area contributed by atoms with Crippen LogP contribution in [0.1, 0.15) is 24.4 Å². The quantitative estimate of drug-likeness (QED) is 0.496. The fourth-order valence-corrected chi connectivity index (χ4v) is 3.88. The molecule has 6 nitrogen and oxygen atoms in total. The van der Waals surface area contributed by atoms with Crippen molar-refractivity contribution in [2.75, 3.05) is 26.2 Å². The zero-order valence-electron chi connectivity index (χ0n) is 17.0. The van der Waals surface area contributed by atoms with E-state index in [4.69, 9.17) is 4.52 Å². The van der Waals surface area contributed by atoms with Crippen LogP contribution in [0.5, 0.6) is 0 Å². The minimum absolute atomic E-state index is 0.0477. The molecule has 1 amide bonds. The Labute approximate surface area is 188 Å². The molecule has 2 heterocycles. The van der Waals surface area contributed by atoms with Crippen molar-refractivity contribution < 1.29 is 13.7 Å². The summed E-state index contributed by atoms with van der Waals surface area (Å²) in [5.41, 5.74) is 1.29. The van der Waals surface area contributed by atoms with Crippen molar-refractivity contribution >= 4 is 27.9 Å². The SMILES string of the molecule is CC(c1nc(-c2ccccc2)no1)N1CCN(C(=O)/C=C/c2cc(Br)ccc2F)CC1. The first-order valence-electron chi connectivity index (χ1n) is 10.1. The van der Waals surface area contributed by atoms with Crippen molar-refractivity contribution in [3.63, 3.8) is 0 Å². The third-order valence-corrected chi connectivity index (χ3v) is 5.86. The number of amides is 1. The fourth-order valence-electron chi connectivity index (χ4n) is 3.50. The Bertz CT molecular complexity index is 1080. The Kier molecular flexibility index (Phi) is 6.58. The average molecular weight is 485 g/mol. The van der Waals surface area contributed by atoms with Crippen LogP contribution < -0.4 is 0 Å². The Balaban J connectivity index is 1.34. The molecule has 1 atom stereocenters. The molecular formula is C23H22BrFN4O2. The van der Waals surface area contributed by atoms with Gasteiger partial charge in [-0.05, 0) is 31.2 Å². The van der Waals surface area contributed by atoms with Gasteiger partial charge in [0.05, 0.1) is 6.04 Å². The molecule has 1 aliphatic rings. The van der Waals surface area contributed by atoms with E-state index in [0.717, 1.165) is 10.0 Å². The molecule has 2 aromatic carbocycles. The van der Waals surface area contributed by atoms with Gasteiger partial charge < -0.3 is 9.42 Å². The molecule has 0 N–H and O–H groups in total. The molecule has 1 fully saturated rings. The molecule has 0 aliphatic carbocycles. The highest BCUT2D eigenvalue weighted by molar-refractivity contribution is 9.10. The van der Waals surface area contributed by atoms with Crippen LogP contribution in [0.3, 0.4) is 0 Å². The van der Waals surface area contributed by atoms with E-state index < -0.39 is 0 Å². The van der Waals surface area contributed by atoms with Crippen molar-refractivity contribution in [2.24, 2.45) is 0 Å².